The van der Waals surface area contributed by atoms with Gasteiger partial charge in [-0.05, 0) is 32.2 Å². The number of hydrogen-bond donors (Lipinski definition) is 1. The lowest BCUT2D eigenvalue weighted by Crippen LogP contribution is -2.35. The lowest BCUT2D eigenvalue weighted by atomic mass is 10.2. The van der Waals surface area contributed by atoms with Crippen LogP contribution < -0.4 is 0 Å². The second-order valence-electron chi connectivity index (χ2n) is 4.48. The molecule has 2 rings (SSSR count). The van der Waals surface area contributed by atoms with Crippen LogP contribution in [-0.2, 0) is 9.53 Å². The summed E-state index contributed by atoms with van der Waals surface area (Å²) in [5.41, 5.74) is 0. The summed E-state index contributed by atoms with van der Waals surface area (Å²) >= 11 is 0. The molecule has 1 aliphatic carbocycles. The van der Waals surface area contributed by atoms with Crippen LogP contribution in [0.3, 0.4) is 0 Å². The van der Waals surface area contributed by atoms with Gasteiger partial charge < -0.3 is 9.84 Å². The van der Waals surface area contributed by atoms with Gasteiger partial charge in [0.15, 0.2) is 0 Å². The number of rotatable bonds is 6. The molecule has 0 spiro atoms. The van der Waals surface area contributed by atoms with Crippen molar-refractivity contribution in [3.63, 3.8) is 0 Å². The Morgan fingerprint density at radius 3 is 2.87 bits per heavy atom. The first-order chi connectivity index (χ1) is 7.27. The van der Waals surface area contributed by atoms with Crippen LogP contribution in [-0.4, -0.2) is 47.8 Å². The van der Waals surface area contributed by atoms with Gasteiger partial charge in [-0.3, -0.25) is 9.69 Å². The third-order valence-electron chi connectivity index (χ3n) is 3.21. The minimum absolute atomic E-state index is 0.121. The Hall–Kier alpha value is -0.610. The van der Waals surface area contributed by atoms with Crippen LogP contribution in [0.2, 0.25) is 0 Å². The zero-order valence-electron chi connectivity index (χ0n) is 9.02. The molecule has 0 aromatic heterocycles. The molecule has 0 bridgehead atoms. The van der Waals surface area contributed by atoms with Crippen molar-refractivity contribution in [1.29, 1.82) is 0 Å². The van der Waals surface area contributed by atoms with Crippen molar-refractivity contribution in [2.45, 2.75) is 44.2 Å². The third-order valence-corrected chi connectivity index (χ3v) is 3.21. The van der Waals surface area contributed by atoms with Gasteiger partial charge >= 0.3 is 5.97 Å². The molecule has 4 nitrogen and oxygen atoms in total. The molecule has 2 aliphatic rings. The van der Waals surface area contributed by atoms with Crippen LogP contribution in [0.1, 0.15) is 32.1 Å². The highest BCUT2D eigenvalue weighted by Gasteiger charge is 2.36. The first-order valence-corrected chi connectivity index (χ1v) is 5.82. The fraction of sp³-hybridized carbons (Fsp3) is 0.909. The van der Waals surface area contributed by atoms with Crippen LogP contribution in [0.25, 0.3) is 0 Å². The van der Waals surface area contributed by atoms with Crippen LogP contribution in [0.5, 0.6) is 0 Å². The second-order valence-corrected chi connectivity index (χ2v) is 4.48. The first kappa shape index (κ1) is 10.9. The van der Waals surface area contributed by atoms with Gasteiger partial charge in [-0.2, -0.15) is 0 Å². The van der Waals surface area contributed by atoms with Crippen LogP contribution in [0.15, 0.2) is 0 Å². The van der Waals surface area contributed by atoms with Gasteiger partial charge in [-0.25, -0.2) is 0 Å². The van der Waals surface area contributed by atoms with E-state index in [2.05, 4.69) is 4.90 Å². The first-order valence-electron chi connectivity index (χ1n) is 5.82. The van der Waals surface area contributed by atoms with E-state index in [9.17, 15) is 4.79 Å². The van der Waals surface area contributed by atoms with Crippen molar-refractivity contribution in [2.24, 2.45) is 0 Å². The normalized spacial score (nSPS) is 27.1. The van der Waals surface area contributed by atoms with Gasteiger partial charge in [0.25, 0.3) is 0 Å². The fourth-order valence-electron chi connectivity index (χ4n) is 2.30. The quantitative estimate of drug-likeness (QED) is 0.671. The Labute approximate surface area is 90.2 Å². The summed E-state index contributed by atoms with van der Waals surface area (Å²) in [6, 6.07) is 1.35. The maximum Gasteiger partial charge on any atom is 0.305 e. The smallest absolute Gasteiger partial charge is 0.305 e. The zero-order chi connectivity index (χ0) is 10.7. The fourth-order valence-corrected chi connectivity index (χ4v) is 2.30. The molecule has 4 heteroatoms. The number of carboxylic acids is 1. The number of carbonyl (C=O) groups is 1. The number of ether oxygens (including phenoxy) is 1. The Morgan fingerprint density at radius 2 is 2.20 bits per heavy atom. The van der Waals surface area contributed by atoms with E-state index in [1.54, 1.807) is 0 Å². The van der Waals surface area contributed by atoms with Gasteiger partial charge in [-0.15, -0.1) is 0 Å². The average Bonchev–Trinajstić information content (AvgIpc) is 2.93. The van der Waals surface area contributed by atoms with E-state index in [0.29, 0.717) is 19.3 Å². The molecule has 1 unspecified atom stereocenters. The Kier molecular flexibility index (Phi) is 3.59. The van der Waals surface area contributed by atoms with Gasteiger partial charge in [0.05, 0.1) is 19.6 Å². The van der Waals surface area contributed by atoms with E-state index in [-0.39, 0.29) is 6.42 Å². The van der Waals surface area contributed by atoms with Gasteiger partial charge in [0.2, 0.25) is 0 Å². The summed E-state index contributed by atoms with van der Waals surface area (Å²) in [5.74, 6) is -0.777. The number of nitrogens with zero attached hydrogens (tertiary/aromatic N) is 1. The van der Waals surface area contributed by atoms with Gasteiger partial charge in [-0.1, -0.05) is 0 Å². The molecule has 0 amide bonds. The van der Waals surface area contributed by atoms with Gasteiger partial charge in [0, 0.05) is 12.1 Å². The van der Waals surface area contributed by atoms with Crippen molar-refractivity contribution < 1.29 is 14.6 Å². The monoisotopic (exact) mass is 213 g/mol. The topological polar surface area (TPSA) is 49.8 Å². The maximum atomic E-state index is 10.3. The molecular weight excluding hydrogens is 194 g/mol. The predicted molar refractivity (Wildman–Crippen MR) is 55.8 cm³/mol. The number of hydrogen-bond acceptors (Lipinski definition) is 3. The molecule has 1 saturated heterocycles. The zero-order valence-corrected chi connectivity index (χ0v) is 9.02. The summed E-state index contributed by atoms with van der Waals surface area (Å²) in [4.78, 5) is 12.8. The molecule has 15 heavy (non-hydrogen) atoms. The minimum Gasteiger partial charge on any atom is -0.481 e. The average molecular weight is 213 g/mol. The summed E-state index contributed by atoms with van der Waals surface area (Å²) in [6.45, 7) is 2.27. The summed E-state index contributed by atoms with van der Waals surface area (Å²) < 4.78 is 5.41. The van der Waals surface area contributed by atoms with Crippen molar-refractivity contribution in [2.75, 3.05) is 19.8 Å². The van der Waals surface area contributed by atoms with Crippen LogP contribution >= 0.6 is 0 Å². The largest absolute Gasteiger partial charge is 0.481 e. The molecule has 86 valence electrons. The molecule has 2 fully saturated rings. The molecule has 1 atom stereocenters. The Bertz CT molecular complexity index is 228. The van der Waals surface area contributed by atoms with Crippen molar-refractivity contribution >= 4 is 5.97 Å². The highest BCUT2D eigenvalue weighted by molar-refractivity contribution is 5.66. The summed E-state index contributed by atoms with van der Waals surface area (Å²) in [5, 5.41) is 8.47. The molecule has 0 aromatic rings. The lowest BCUT2D eigenvalue weighted by molar-refractivity contribution is -0.138. The second kappa shape index (κ2) is 4.94. The molecule has 1 saturated carbocycles. The molecule has 0 radical (unpaired) electrons. The highest BCUT2D eigenvalue weighted by atomic mass is 16.5. The van der Waals surface area contributed by atoms with Crippen molar-refractivity contribution in [3.8, 4) is 0 Å². The minimum atomic E-state index is -0.777. The van der Waals surface area contributed by atoms with Gasteiger partial charge in [0.1, 0.15) is 0 Å². The van der Waals surface area contributed by atoms with E-state index in [0.717, 1.165) is 6.04 Å². The molecule has 1 N–H and O–H groups in total. The summed E-state index contributed by atoms with van der Waals surface area (Å²) in [7, 11) is 0. The van der Waals surface area contributed by atoms with Crippen LogP contribution in [0.4, 0.5) is 0 Å². The Balaban J connectivity index is 1.63. The number of likely N-dealkylation sites (tertiary alicyclic amines) is 1. The number of aliphatic carboxylic acids is 1. The molecule has 1 aliphatic heterocycles. The highest BCUT2D eigenvalue weighted by Crippen LogP contribution is 2.33. The molecule has 1 heterocycles. The summed E-state index contributed by atoms with van der Waals surface area (Å²) in [6.07, 6.45) is 5.28. The Morgan fingerprint density at radius 1 is 1.40 bits per heavy atom. The van der Waals surface area contributed by atoms with E-state index in [1.807, 2.05) is 0 Å². The standard InChI is InChI=1S/C11H19NO3/c13-11(14)5-7-15-8-10-2-1-6-12(10)9-3-4-9/h9-10H,1-8H2,(H,13,14). The lowest BCUT2D eigenvalue weighted by Gasteiger charge is -2.23. The number of carboxylic acid groups (broad SMARTS) is 1. The van der Waals surface area contributed by atoms with E-state index in [4.69, 9.17) is 9.84 Å². The third kappa shape index (κ3) is 3.18. The molecule has 0 aromatic carbocycles. The van der Waals surface area contributed by atoms with Crippen molar-refractivity contribution in [1.82, 2.24) is 4.90 Å². The van der Waals surface area contributed by atoms with E-state index in [1.165, 1.54) is 32.2 Å². The maximum absolute atomic E-state index is 10.3. The molecular formula is C11H19NO3. The van der Waals surface area contributed by atoms with E-state index >= 15 is 0 Å². The van der Waals surface area contributed by atoms with E-state index < -0.39 is 5.97 Å². The van der Waals surface area contributed by atoms with Crippen LogP contribution in [0, 0.1) is 0 Å². The SMILES string of the molecule is O=C(O)CCOCC1CCCN1C1CC1. The predicted octanol–water partition coefficient (Wildman–Crippen LogP) is 1.10. The van der Waals surface area contributed by atoms with Crippen molar-refractivity contribution in [3.05, 3.63) is 0 Å².